The van der Waals surface area contributed by atoms with Crippen molar-refractivity contribution < 1.29 is 4.74 Å². The maximum absolute atomic E-state index is 8.94. The molecule has 19 heavy (non-hydrogen) atoms. The Balaban J connectivity index is 2.43. The molecule has 0 amide bonds. The van der Waals surface area contributed by atoms with Gasteiger partial charge in [0.2, 0.25) is 0 Å². The molecule has 1 aromatic carbocycles. The van der Waals surface area contributed by atoms with Crippen LogP contribution in [-0.2, 0) is 7.05 Å². The van der Waals surface area contributed by atoms with E-state index in [0.29, 0.717) is 15.8 Å². The summed E-state index contributed by atoms with van der Waals surface area (Å²) < 4.78 is 6.86. The molecule has 94 valence electrons. The van der Waals surface area contributed by atoms with Gasteiger partial charge in [0.25, 0.3) is 0 Å². The summed E-state index contributed by atoms with van der Waals surface area (Å²) >= 11 is 11.7. The van der Waals surface area contributed by atoms with Crippen LogP contribution in [0.25, 0.3) is 0 Å². The van der Waals surface area contributed by atoms with Gasteiger partial charge in [0.1, 0.15) is 17.9 Å². The summed E-state index contributed by atoms with van der Waals surface area (Å²) in [5.41, 5.74) is 0.132. The molecule has 0 spiro atoms. The lowest BCUT2D eigenvalue weighted by molar-refractivity contribution is 0.424. The van der Waals surface area contributed by atoms with E-state index < -0.39 is 0 Å². The van der Waals surface area contributed by atoms with Gasteiger partial charge in [0.15, 0.2) is 11.4 Å². The summed E-state index contributed by atoms with van der Waals surface area (Å²) in [6, 6.07) is 8.55. The van der Waals surface area contributed by atoms with Gasteiger partial charge in [-0.3, -0.25) is 4.57 Å². The number of benzene rings is 1. The number of ether oxygens (including phenoxy) is 1. The predicted octanol–water partition coefficient (Wildman–Crippen LogP) is 3.26. The van der Waals surface area contributed by atoms with Crippen LogP contribution >= 0.6 is 23.2 Å². The summed E-state index contributed by atoms with van der Waals surface area (Å²) in [5, 5.41) is 18.6. The van der Waals surface area contributed by atoms with E-state index in [-0.39, 0.29) is 17.4 Å². The zero-order valence-corrected chi connectivity index (χ0v) is 11.2. The molecule has 0 bridgehead atoms. The van der Waals surface area contributed by atoms with Crippen LogP contribution in [0, 0.1) is 22.7 Å². The van der Waals surface area contributed by atoms with Crippen molar-refractivity contribution in [2.45, 2.75) is 0 Å². The van der Waals surface area contributed by atoms with E-state index in [9.17, 15) is 0 Å². The molecule has 5 nitrogen and oxygen atoms in total. The van der Waals surface area contributed by atoms with Crippen LogP contribution in [0.5, 0.6) is 11.8 Å². The zero-order chi connectivity index (χ0) is 14.0. The van der Waals surface area contributed by atoms with E-state index in [4.69, 9.17) is 38.5 Å². The van der Waals surface area contributed by atoms with Crippen molar-refractivity contribution in [2.24, 2.45) is 7.05 Å². The molecule has 7 heteroatoms. The summed E-state index contributed by atoms with van der Waals surface area (Å²) in [6.07, 6.45) is 0. The molecule has 0 N–H and O–H groups in total. The van der Waals surface area contributed by atoms with Crippen molar-refractivity contribution in [3.63, 3.8) is 0 Å². The quantitative estimate of drug-likeness (QED) is 0.851. The van der Waals surface area contributed by atoms with Gasteiger partial charge in [-0.1, -0.05) is 23.2 Å². The summed E-state index contributed by atoms with van der Waals surface area (Å²) in [4.78, 5) is 3.92. The van der Waals surface area contributed by atoms with E-state index in [1.807, 2.05) is 12.1 Å². The Labute approximate surface area is 119 Å². The van der Waals surface area contributed by atoms with Gasteiger partial charge in [-0.2, -0.15) is 15.5 Å². The smallest absolute Gasteiger partial charge is 0.304 e. The van der Waals surface area contributed by atoms with E-state index in [2.05, 4.69) is 4.98 Å². The van der Waals surface area contributed by atoms with E-state index in [0.717, 1.165) is 0 Å². The third-order valence-electron chi connectivity index (χ3n) is 2.36. The third kappa shape index (κ3) is 2.48. The van der Waals surface area contributed by atoms with Gasteiger partial charge in [0.05, 0.1) is 5.02 Å². The molecule has 0 saturated heterocycles. The Kier molecular flexibility index (Phi) is 3.62. The number of nitriles is 2. The van der Waals surface area contributed by atoms with Crippen LogP contribution in [0.4, 0.5) is 0 Å². The average molecular weight is 293 g/mol. The van der Waals surface area contributed by atoms with E-state index in [1.165, 1.54) is 10.6 Å². The molecule has 0 atom stereocenters. The second kappa shape index (κ2) is 5.19. The van der Waals surface area contributed by atoms with E-state index >= 15 is 0 Å². The Hall–Kier alpha value is -2.21. The highest BCUT2D eigenvalue weighted by Crippen LogP contribution is 2.31. The van der Waals surface area contributed by atoms with Crippen LogP contribution in [0.3, 0.4) is 0 Å². The molecule has 0 aliphatic carbocycles. The minimum absolute atomic E-state index is 0.00471. The van der Waals surface area contributed by atoms with Gasteiger partial charge >= 0.3 is 6.01 Å². The monoisotopic (exact) mass is 292 g/mol. The molecule has 1 heterocycles. The topological polar surface area (TPSA) is 74.6 Å². The molecule has 0 aliphatic heterocycles. The van der Waals surface area contributed by atoms with Crippen molar-refractivity contribution in [1.82, 2.24) is 9.55 Å². The van der Waals surface area contributed by atoms with Crippen LogP contribution in [0.1, 0.15) is 11.4 Å². The normalized spacial score (nSPS) is 9.74. The fraction of sp³-hybridized carbons (Fsp3) is 0.0833. The SMILES string of the molecule is Cn1c(Oc2ccc(Cl)cc2Cl)nc(C#N)c1C#N. The second-order valence-corrected chi connectivity index (χ2v) is 4.39. The lowest BCUT2D eigenvalue weighted by atomic mass is 10.3. The van der Waals surface area contributed by atoms with Crippen molar-refractivity contribution in [1.29, 1.82) is 10.5 Å². The number of halogens is 2. The first-order valence-corrected chi connectivity index (χ1v) is 5.82. The molecule has 0 saturated carbocycles. The first kappa shape index (κ1) is 13.2. The van der Waals surface area contributed by atoms with Crippen LogP contribution in [0.2, 0.25) is 10.0 Å². The van der Waals surface area contributed by atoms with Crippen molar-refractivity contribution in [2.75, 3.05) is 0 Å². The highest BCUT2D eigenvalue weighted by atomic mass is 35.5. The van der Waals surface area contributed by atoms with Crippen LogP contribution in [-0.4, -0.2) is 9.55 Å². The highest BCUT2D eigenvalue weighted by Gasteiger charge is 2.16. The summed E-state index contributed by atoms with van der Waals surface area (Å²) in [7, 11) is 1.57. The largest absolute Gasteiger partial charge is 0.424 e. The molecular weight excluding hydrogens is 287 g/mol. The lowest BCUT2D eigenvalue weighted by Gasteiger charge is -2.06. The third-order valence-corrected chi connectivity index (χ3v) is 2.89. The number of hydrogen-bond acceptors (Lipinski definition) is 4. The van der Waals surface area contributed by atoms with Crippen molar-refractivity contribution in [3.05, 3.63) is 39.6 Å². The van der Waals surface area contributed by atoms with Gasteiger partial charge in [-0.15, -0.1) is 0 Å². The van der Waals surface area contributed by atoms with Crippen LogP contribution in [0.15, 0.2) is 18.2 Å². The van der Waals surface area contributed by atoms with Crippen molar-refractivity contribution >= 4 is 23.2 Å². The number of nitrogens with zero attached hydrogens (tertiary/aromatic N) is 4. The molecule has 0 unspecified atom stereocenters. The number of rotatable bonds is 2. The van der Waals surface area contributed by atoms with Gasteiger partial charge < -0.3 is 4.74 Å². The van der Waals surface area contributed by atoms with E-state index in [1.54, 1.807) is 19.2 Å². The second-order valence-electron chi connectivity index (χ2n) is 3.55. The molecule has 0 radical (unpaired) electrons. The Bertz CT molecular complexity index is 725. The molecule has 2 rings (SSSR count). The average Bonchev–Trinajstić information content (AvgIpc) is 2.69. The Morgan fingerprint density at radius 1 is 1.26 bits per heavy atom. The fourth-order valence-corrected chi connectivity index (χ4v) is 1.88. The van der Waals surface area contributed by atoms with Gasteiger partial charge in [-0.05, 0) is 18.2 Å². The predicted molar refractivity (Wildman–Crippen MR) is 69.2 cm³/mol. The number of imidazole rings is 1. The minimum atomic E-state index is 0.00471. The Morgan fingerprint density at radius 2 is 2.00 bits per heavy atom. The zero-order valence-electron chi connectivity index (χ0n) is 9.69. The van der Waals surface area contributed by atoms with Crippen molar-refractivity contribution in [3.8, 4) is 23.9 Å². The first-order valence-electron chi connectivity index (χ1n) is 5.06. The molecule has 1 aromatic heterocycles. The molecule has 2 aromatic rings. The standard InChI is InChI=1S/C12H6Cl2N4O/c1-18-10(6-16)9(5-15)17-12(18)19-11-3-2-7(13)4-8(11)14/h2-4H,1H3. The minimum Gasteiger partial charge on any atom is -0.424 e. The number of hydrogen-bond donors (Lipinski definition) is 0. The molecule has 0 fully saturated rings. The first-order chi connectivity index (χ1) is 9.06. The van der Waals surface area contributed by atoms with Gasteiger partial charge in [-0.25, -0.2) is 0 Å². The fourth-order valence-electron chi connectivity index (χ4n) is 1.43. The maximum atomic E-state index is 8.94. The number of aromatic nitrogens is 2. The highest BCUT2D eigenvalue weighted by molar-refractivity contribution is 6.35. The summed E-state index contributed by atoms with van der Waals surface area (Å²) in [6.45, 7) is 0. The van der Waals surface area contributed by atoms with Gasteiger partial charge in [0, 0.05) is 12.1 Å². The molecular formula is C12H6Cl2N4O. The lowest BCUT2D eigenvalue weighted by Crippen LogP contribution is -1.97. The maximum Gasteiger partial charge on any atom is 0.304 e. The Morgan fingerprint density at radius 3 is 2.53 bits per heavy atom. The summed E-state index contributed by atoms with van der Waals surface area (Å²) in [5.74, 6) is 0.341. The van der Waals surface area contributed by atoms with Crippen LogP contribution < -0.4 is 4.74 Å². The molecule has 0 aliphatic rings.